The Morgan fingerprint density at radius 1 is 0.861 bits per heavy atom. The van der Waals surface area contributed by atoms with Crippen molar-refractivity contribution in [3.05, 3.63) is 64.3 Å². The second-order valence-corrected chi connectivity index (χ2v) is 12.4. The maximum atomic E-state index is 6.59. The van der Waals surface area contributed by atoms with Crippen molar-refractivity contribution in [2.75, 3.05) is 0 Å². The summed E-state index contributed by atoms with van der Waals surface area (Å²) < 4.78 is 6.59. The van der Waals surface area contributed by atoms with Gasteiger partial charge in [-0.1, -0.05) is 67.5 Å². The minimum absolute atomic E-state index is 0.391. The van der Waals surface area contributed by atoms with Crippen molar-refractivity contribution in [1.82, 2.24) is 15.0 Å². The molecule has 0 bridgehead atoms. The van der Waals surface area contributed by atoms with Gasteiger partial charge in [0.05, 0.1) is 22.3 Å². The molecule has 0 spiro atoms. The Hall–Kier alpha value is -2.44. The first-order valence-electron chi connectivity index (χ1n) is 12.9. The summed E-state index contributed by atoms with van der Waals surface area (Å²) in [6, 6.07) is 8.61. The molecule has 4 nitrogen and oxygen atoms in total. The van der Waals surface area contributed by atoms with Gasteiger partial charge in [-0.05, 0) is 69.9 Å². The number of rotatable bonds is 9. The molecule has 0 aliphatic carbocycles. The van der Waals surface area contributed by atoms with Gasteiger partial charge >= 0.3 is 0 Å². The highest BCUT2D eigenvalue weighted by atomic mass is 32.2. The van der Waals surface area contributed by atoms with Crippen LogP contribution < -0.4 is 4.18 Å². The molecule has 0 saturated carbocycles. The zero-order valence-corrected chi connectivity index (χ0v) is 24.3. The summed E-state index contributed by atoms with van der Waals surface area (Å²) in [6.45, 7) is 18.1. The SMILES string of the molecule is CC(C)Cc1csc2nc(-c3ccncc3)nc(OSc3c(C(C)C)cc(C(C)C)cc3C(C)C)c12. The first-order chi connectivity index (χ1) is 17.2. The molecule has 0 amide bonds. The Bertz CT molecular complexity index is 1300. The maximum absolute atomic E-state index is 6.59. The second-order valence-electron chi connectivity index (χ2n) is 10.8. The van der Waals surface area contributed by atoms with Gasteiger partial charge in [-0.3, -0.25) is 4.98 Å². The van der Waals surface area contributed by atoms with E-state index in [9.17, 15) is 0 Å². The molecule has 3 aromatic heterocycles. The smallest absolute Gasteiger partial charge is 0.241 e. The van der Waals surface area contributed by atoms with Crippen LogP contribution in [0.5, 0.6) is 5.88 Å². The van der Waals surface area contributed by atoms with Gasteiger partial charge in [0.1, 0.15) is 4.83 Å². The molecule has 3 heterocycles. The third-order valence-corrected chi connectivity index (χ3v) is 8.13. The first-order valence-corrected chi connectivity index (χ1v) is 14.5. The number of pyridine rings is 1. The van der Waals surface area contributed by atoms with Gasteiger partial charge in [0.25, 0.3) is 0 Å². The molecule has 0 radical (unpaired) electrons. The first kappa shape index (κ1) is 26.6. The van der Waals surface area contributed by atoms with Crippen LogP contribution in [0.3, 0.4) is 0 Å². The molecule has 0 aliphatic rings. The molecule has 0 saturated heterocycles. The lowest BCUT2D eigenvalue weighted by atomic mass is 9.89. The standard InChI is InChI=1S/C30H37N3OS2/c1-17(2)13-23-16-35-30-26(23)29(32-28(33-30)21-9-11-31-12-10-21)34-36-27-24(19(5)6)14-22(18(3)4)15-25(27)20(7)8/h9-12,14-20H,13H2,1-8H3. The summed E-state index contributed by atoms with van der Waals surface area (Å²) in [5.74, 6) is 3.11. The summed E-state index contributed by atoms with van der Waals surface area (Å²) >= 11 is 3.12. The topological polar surface area (TPSA) is 47.9 Å². The predicted octanol–water partition coefficient (Wildman–Crippen LogP) is 9.41. The largest absolute Gasteiger partial charge is 0.400 e. The number of aromatic nitrogens is 3. The van der Waals surface area contributed by atoms with E-state index in [1.165, 1.54) is 39.2 Å². The molecular formula is C30H37N3OS2. The highest BCUT2D eigenvalue weighted by Gasteiger charge is 2.22. The molecule has 0 atom stereocenters. The molecule has 0 unspecified atom stereocenters. The zero-order valence-electron chi connectivity index (χ0n) is 22.6. The van der Waals surface area contributed by atoms with Crippen LogP contribution in [-0.4, -0.2) is 15.0 Å². The predicted molar refractivity (Wildman–Crippen MR) is 154 cm³/mol. The minimum atomic E-state index is 0.391. The Kier molecular flexibility index (Phi) is 8.36. The van der Waals surface area contributed by atoms with Crippen LogP contribution in [0.2, 0.25) is 0 Å². The van der Waals surface area contributed by atoms with Gasteiger partial charge < -0.3 is 4.18 Å². The van der Waals surface area contributed by atoms with Crippen LogP contribution in [-0.2, 0) is 6.42 Å². The third kappa shape index (κ3) is 5.76. The van der Waals surface area contributed by atoms with E-state index in [0.29, 0.717) is 35.4 Å². The fraction of sp³-hybridized carbons (Fsp3) is 0.433. The van der Waals surface area contributed by atoms with E-state index in [1.54, 1.807) is 23.7 Å². The van der Waals surface area contributed by atoms with E-state index < -0.39 is 0 Å². The van der Waals surface area contributed by atoms with Crippen molar-refractivity contribution >= 4 is 33.6 Å². The van der Waals surface area contributed by atoms with Crippen LogP contribution in [0, 0.1) is 5.92 Å². The lowest BCUT2D eigenvalue weighted by Gasteiger charge is -2.22. The third-order valence-electron chi connectivity index (χ3n) is 6.33. The van der Waals surface area contributed by atoms with Crippen molar-refractivity contribution in [2.45, 2.75) is 84.5 Å². The van der Waals surface area contributed by atoms with E-state index in [0.717, 1.165) is 22.2 Å². The fourth-order valence-corrected chi connectivity index (χ4v) is 6.32. The van der Waals surface area contributed by atoms with Crippen LogP contribution in [0.25, 0.3) is 21.6 Å². The number of benzene rings is 1. The second kappa shape index (κ2) is 11.3. The van der Waals surface area contributed by atoms with E-state index in [-0.39, 0.29) is 0 Å². The summed E-state index contributed by atoms with van der Waals surface area (Å²) in [5.41, 5.74) is 6.25. The molecule has 6 heteroatoms. The van der Waals surface area contributed by atoms with Crippen molar-refractivity contribution < 1.29 is 4.18 Å². The molecular weight excluding hydrogens is 482 g/mol. The summed E-state index contributed by atoms with van der Waals surface area (Å²) in [7, 11) is 0. The maximum Gasteiger partial charge on any atom is 0.241 e. The number of hydrogen-bond donors (Lipinski definition) is 0. The molecule has 190 valence electrons. The van der Waals surface area contributed by atoms with Crippen molar-refractivity contribution in [3.8, 4) is 17.3 Å². The average molecular weight is 520 g/mol. The van der Waals surface area contributed by atoms with Crippen LogP contribution in [0.1, 0.15) is 95.4 Å². The van der Waals surface area contributed by atoms with Gasteiger partial charge in [0.15, 0.2) is 5.82 Å². The lowest BCUT2D eigenvalue weighted by molar-refractivity contribution is 0.615. The minimum Gasteiger partial charge on any atom is -0.400 e. The highest BCUT2D eigenvalue weighted by Crippen LogP contribution is 2.42. The van der Waals surface area contributed by atoms with E-state index in [2.05, 4.69) is 77.9 Å². The van der Waals surface area contributed by atoms with Crippen molar-refractivity contribution in [1.29, 1.82) is 0 Å². The van der Waals surface area contributed by atoms with Gasteiger partial charge in [0.2, 0.25) is 5.88 Å². The quantitative estimate of drug-likeness (QED) is 0.206. The zero-order chi connectivity index (χ0) is 26.0. The summed E-state index contributed by atoms with van der Waals surface area (Å²) in [4.78, 5) is 16.2. The molecule has 0 aliphatic heterocycles. The van der Waals surface area contributed by atoms with E-state index in [1.807, 2.05) is 12.1 Å². The van der Waals surface area contributed by atoms with Gasteiger partial charge in [-0.2, -0.15) is 4.98 Å². The van der Waals surface area contributed by atoms with Gasteiger partial charge in [0, 0.05) is 18.0 Å². The number of hydrogen-bond acceptors (Lipinski definition) is 6. The fourth-order valence-electron chi connectivity index (χ4n) is 4.31. The van der Waals surface area contributed by atoms with Crippen LogP contribution in [0.15, 0.2) is 46.9 Å². The molecule has 36 heavy (non-hydrogen) atoms. The number of nitrogens with zero attached hydrogens (tertiary/aromatic N) is 3. The van der Waals surface area contributed by atoms with E-state index >= 15 is 0 Å². The molecule has 0 N–H and O–H groups in total. The Balaban J connectivity index is 1.83. The molecule has 4 aromatic rings. The number of fused-ring (bicyclic) bond motifs is 1. The van der Waals surface area contributed by atoms with Crippen LogP contribution in [0.4, 0.5) is 0 Å². The highest BCUT2D eigenvalue weighted by molar-refractivity contribution is 7.95. The van der Waals surface area contributed by atoms with E-state index in [4.69, 9.17) is 14.2 Å². The van der Waals surface area contributed by atoms with Gasteiger partial charge in [-0.15, -0.1) is 11.3 Å². The normalized spacial score (nSPS) is 12.0. The average Bonchev–Trinajstić information content (AvgIpc) is 3.24. The molecule has 1 aromatic carbocycles. The summed E-state index contributed by atoms with van der Waals surface area (Å²) in [5, 5.41) is 3.25. The summed E-state index contributed by atoms with van der Waals surface area (Å²) in [6.07, 6.45) is 4.52. The Morgan fingerprint density at radius 2 is 1.50 bits per heavy atom. The lowest BCUT2D eigenvalue weighted by Crippen LogP contribution is -2.04. The molecule has 0 fully saturated rings. The van der Waals surface area contributed by atoms with Crippen molar-refractivity contribution in [2.24, 2.45) is 5.92 Å². The monoisotopic (exact) mass is 519 g/mol. The Labute approximate surface area is 224 Å². The van der Waals surface area contributed by atoms with Gasteiger partial charge in [-0.25, -0.2) is 4.98 Å². The van der Waals surface area contributed by atoms with Crippen molar-refractivity contribution in [3.63, 3.8) is 0 Å². The molecule has 4 rings (SSSR count). The Morgan fingerprint density at radius 3 is 2.06 bits per heavy atom. The van der Waals surface area contributed by atoms with Crippen LogP contribution >= 0.6 is 23.4 Å². The number of thiophene rings is 1.